The van der Waals surface area contributed by atoms with Gasteiger partial charge in [0.1, 0.15) is 18.4 Å². The number of likely N-dealkylation sites (tertiary alicyclic amines) is 1. The summed E-state index contributed by atoms with van der Waals surface area (Å²) in [6.07, 6.45) is 3.52. The van der Waals surface area contributed by atoms with E-state index in [4.69, 9.17) is 21.1 Å². The minimum Gasteiger partial charge on any atom is -0.486 e. The molecule has 1 aromatic heterocycles. The van der Waals surface area contributed by atoms with Gasteiger partial charge in [0.05, 0.1) is 0 Å². The van der Waals surface area contributed by atoms with Crippen LogP contribution >= 0.6 is 11.6 Å². The van der Waals surface area contributed by atoms with E-state index in [2.05, 4.69) is 10.3 Å². The van der Waals surface area contributed by atoms with E-state index in [1.165, 1.54) is 0 Å². The van der Waals surface area contributed by atoms with E-state index in [1.807, 2.05) is 23.1 Å². The molecule has 0 saturated carbocycles. The predicted molar refractivity (Wildman–Crippen MR) is 99.2 cm³/mol. The molecule has 3 heterocycles. The molecule has 1 unspecified atom stereocenters. The van der Waals surface area contributed by atoms with Gasteiger partial charge >= 0.3 is 0 Å². The molecule has 2 aliphatic heterocycles. The van der Waals surface area contributed by atoms with Crippen molar-refractivity contribution < 1.29 is 14.3 Å². The van der Waals surface area contributed by atoms with Crippen molar-refractivity contribution in [2.24, 2.45) is 0 Å². The lowest BCUT2D eigenvalue weighted by Gasteiger charge is -2.34. The van der Waals surface area contributed by atoms with Crippen molar-refractivity contribution in [2.45, 2.75) is 18.9 Å². The molecule has 1 saturated heterocycles. The quantitative estimate of drug-likeness (QED) is 0.837. The summed E-state index contributed by atoms with van der Waals surface area (Å²) in [7, 11) is 0. The Morgan fingerprint density at radius 1 is 1.19 bits per heavy atom. The monoisotopic (exact) mass is 373 g/mol. The van der Waals surface area contributed by atoms with Crippen molar-refractivity contribution in [3.8, 4) is 11.5 Å². The number of halogens is 1. The fraction of sp³-hybridized carbons (Fsp3) is 0.368. The van der Waals surface area contributed by atoms with Gasteiger partial charge in [-0.25, -0.2) is 4.98 Å². The molecule has 1 fully saturated rings. The summed E-state index contributed by atoms with van der Waals surface area (Å²) < 4.78 is 11.2. The number of anilines is 1. The van der Waals surface area contributed by atoms with Crippen LogP contribution in [0.3, 0.4) is 0 Å². The van der Waals surface area contributed by atoms with Crippen LogP contribution in [0.25, 0.3) is 0 Å². The number of carbonyl (C=O) groups excluding carboxylic acids is 1. The molecule has 2 aliphatic rings. The Morgan fingerprint density at radius 2 is 2.04 bits per heavy atom. The van der Waals surface area contributed by atoms with Crippen LogP contribution in [0.15, 0.2) is 36.5 Å². The Bertz CT molecular complexity index is 814. The summed E-state index contributed by atoms with van der Waals surface area (Å²) in [6, 6.07) is 9.36. The Balaban J connectivity index is 1.43. The van der Waals surface area contributed by atoms with E-state index in [1.54, 1.807) is 18.3 Å². The third-order valence-corrected chi connectivity index (χ3v) is 4.80. The summed E-state index contributed by atoms with van der Waals surface area (Å²) in [5.41, 5.74) is 1.55. The highest BCUT2D eigenvalue weighted by Gasteiger charge is 2.25. The van der Waals surface area contributed by atoms with Gasteiger partial charge in [0.2, 0.25) is 0 Å². The highest BCUT2D eigenvalue weighted by Crippen LogP contribution is 2.33. The molecule has 0 bridgehead atoms. The first-order valence-electron chi connectivity index (χ1n) is 8.76. The van der Waals surface area contributed by atoms with Crippen molar-refractivity contribution in [1.82, 2.24) is 9.88 Å². The van der Waals surface area contributed by atoms with Crippen LogP contribution in [0.5, 0.6) is 11.5 Å². The fourth-order valence-electron chi connectivity index (χ4n) is 3.37. The first-order valence-corrected chi connectivity index (χ1v) is 9.14. The molecule has 136 valence electrons. The highest BCUT2D eigenvalue weighted by atomic mass is 35.5. The Morgan fingerprint density at radius 3 is 2.88 bits per heavy atom. The minimum absolute atomic E-state index is 0.0111. The van der Waals surface area contributed by atoms with Gasteiger partial charge in [0.15, 0.2) is 11.5 Å². The van der Waals surface area contributed by atoms with E-state index in [0.29, 0.717) is 30.5 Å². The standard InChI is InChI=1S/C19H20ClN3O3/c20-18-10-13(5-6-21-18)19(24)23-7-1-2-15(12-23)22-14-3-4-16-17(11-14)26-9-8-25-16/h3-6,10-11,15,22H,1-2,7-9,12H2. The van der Waals surface area contributed by atoms with E-state index in [-0.39, 0.29) is 11.9 Å². The van der Waals surface area contributed by atoms with Gasteiger partial charge in [-0.05, 0) is 37.1 Å². The van der Waals surface area contributed by atoms with Crippen molar-refractivity contribution in [1.29, 1.82) is 0 Å². The largest absolute Gasteiger partial charge is 0.486 e. The number of rotatable bonds is 3. The lowest BCUT2D eigenvalue weighted by Crippen LogP contribution is -2.45. The van der Waals surface area contributed by atoms with Crippen molar-refractivity contribution in [2.75, 3.05) is 31.6 Å². The number of pyridine rings is 1. The fourth-order valence-corrected chi connectivity index (χ4v) is 3.54. The van der Waals surface area contributed by atoms with Crippen LogP contribution < -0.4 is 14.8 Å². The number of nitrogens with zero attached hydrogens (tertiary/aromatic N) is 2. The van der Waals surface area contributed by atoms with Gasteiger partial charge < -0.3 is 19.7 Å². The molecule has 1 aromatic carbocycles. The molecule has 1 amide bonds. The zero-order valence-electron chi connectivity index (χ0n) is 14.3. The Kier molecular flexibility index (Phi) is 4.84. The van der Waals surface area contributed by atoms with E-state index >= 15 is 0 Å². The molecular formula is C19H20ClN3O3. The van der Waals surface area contributed by atoms with Crippen molar-refractivity contribution >= 4 is 23.2 Å². The molecular weight excluding hydrogens is 354 g/mol. The molecule has 2 aromatic rings. The van der Waals surface area contributed by atoms with Gasteiger partial charge in [0, 0.05) is 42.6 Å². The lowest BCUT2D eigenvalue weighted by atomic mass is 10.0. The second-order valence-electron chi connectivity index (χ2n) is 6.46. The van der Waals surface area contributed by atoms with E-state index in [0.717, 1.165) is 36.6 Å². The summed E-state index contributed by atoms with van der Waals surface area (Å²) in [5.74, 6) is 1.52. The molecule has 4 rings (SSSR count). The predicted octanol–water partition coefficient (Wildman–Crippen LogP) is 3.22. The zero-order chi connectivity index (χ0) is 17.9. The molecule has 0 spiro atoms. The summed E-state index contributed by atoms with van der Waals surface area (Å²) in [5, 5.41) is 3.84. The first kappa shape index (κ1) is 17.0. The Hall–Kier alpha value is -2.47. The second kappa shape index (κ2) is 7.41. The third kappa shape index (κ3) is 3.70. The van der Waals surface area contributed by atoms with Gasteiger partial charge in [-0.15, -0.1) is 0 Å². The number of hydrogen-bond acceptors (Lipinski definition) is 5. The number of hydrogen-bond donors (Lipinski definition) is 1. The normalized spacial score (nSPS) is 19.1. The maximum atomic E-state index is 12.7. The molecule has 1 atom stereocenters. The lowest BCUT2D eigenvalue weighted by molar-refractivity contribution is 0.0714. The van der Waals surface area contributed by atoms with Gasteiger partial charge in [-0.3, -0.25) is 4.79 Å². The number of carbonyl (C=O) groups is 1. The number of piperidine rings is 1. The van der Waals surface area contributed by atoms with Crippen LogP contribution in [-0.4, -0.2) is 48.1 Å². The summed E-state index contributed by atoms with van der Waals surface area (Å²) in [4.78, 5) is 18.5. The van der Waals surface area contributed by atoms with Crippen LogP contribution in [0, 0.1) is 0 Å². The van der Waals surface area contributed by atoms with E-state index < -0.39 is 0 Å². The average Bonchev–Trinajstić information content (AvgIpc) is 2.67. The molecule has 0 radical (unpaired) electrons. The molecule has 1 N–H and O–H groups in total. The van der Waals surface area contributed by atoms with Crippen molar-refractivity contribution in [3.63, 3.8) is 0 Å². The summed E-state index contributed by atoms with van der Waals surface area (Å²) >= 11 is 5.91. The van der Waals surface area contributed by atoms with Crippen LogP contribution in [0.1, 0.15) is 23.2 Å². The highest BCUT2D eigenvalue weighted by molar-refractivity contribution is 6.29. The van der Waals surface area contributed by atoms with Gasteiger partial charge in [0.25, 0.3) is 5.91 Å². The van der Waals surface area contributed by atoms with Crippen LogP contribution in [0.2, 0.25) is 5.15 Å². The second-order valence-corrected chi connectivity index (χ2v) is 6.85. The van der Waals surface area contributed by atoms with E-state index in [9.17, 15) is 4.79 Å². The van der Waals surface area contributed by atoms with Gasteiger partial charge in [-0.1, -0.05) is 11.6 Å². The molecule has 6 nitrogen and oxygen atoms in total. The molecule has 7 heteroatoms. The maximum absolute atomic E-state index is 12.7. The number of amides is 1. The SMILES string of the molecule is O=C(c1ccnc(Cl)c1)N1CCCC(Nc2ccc3c(c2)OCCO3)C1. The number of benzene rings is 1. The van der Waals surface area contributed by atoms with Crippen molar-refractivity contribution in [3.05, 3.63) is 47.2 Å². The Labute approximate surface area is 157 Å². The first-order chi connectivity index (χ1) is 12.7. The topological polar surface area (TPSA) is 63.7 Å². The number of fused-ring (bicyclic) bond motifs is 1. The smallest absolute Gasteiger partial charge is 0.254 e. The number of nitrogens with one attached hydrogen (secondary N) is 1. The van der Waals surface area contributed by atoms with Gasteiger partial charge in [-0.2, -0.15) is 0 Å². The van der Waals surface area contributed by atoms with Crippen LogP contribution in [0.4, 0.5) is 5.69 Å². The van der Waals surface area contributed by atoms with Crippen LogP contribution in [-0.2, 0) is 0 Å². The number of aromatic nitrogens is 1. The number of ether oxygens (including phenoxy) is 2. The zero-order valence-corrected chi connectivity index (χ0v) is 15.0. The summed E-state index contributed by atoms with van der Waals surface area (Å²) in [6.45, 7) is 2.54. The minimum atomic E-state index is -0.0111. The average molecular weight is 374 g/mol. The molecule has 0 aliphatic carbocycles. The third-order valence-electron chi connectivity index (χ3n) is 4.60. The maximum Gasteiger partial charge on any atom is 0.254 e. The molecule has 26 heavy (non-hydrogen) atoms.